The van der Waals surface area contributed by atoms with Crippen LogP contribution >= 0.6 is 0 Å². The zero-order valence-electron chi connectivity index (χ0n) is 7.27. The van der Waals surface area contributed by atoms with Crippen molar-refractivity contribution in [3.05, 3.63) is 6.92 Å². The van der Waals surface area contributed by atoms with Gasteiger partial charge in [-0.25, -0.2) is 0 Å². The molecule has 2 nitrogen and oxygen atoms in total. The summed E-state index contributed by atoms with van der Waals surface area (Å²) in [6.45, 7) is 11.5. The minimum Gasteiger partial charge on any atom is -0.390 e. The van der Waals surface area contributed by atoms with E-state index in [1.54, 1.807) is 0 Å². The maximum Gasteiger partial charge on any atom is 0.129 e. The summed E-state index contributed by atoms with van der Waals surface area (Å²) in [4.78, 5) is 5.13. The Bertz CT molecular complexity index is 122. The van der Waals surface area contributed by atoms with Crippen LogP contribution in [0.15, 0.2) is 5.16 Å². The van der Waals surface area contributed by atoms with Crippen molar-refractivity contribution in [2.45, 2.75) is 39.7 Å². The quantitative estimate of drug-likeness (QED) is 0.428. The molecule has 0 aliphatic rings. The van der Waals surface area contributed by atoms with Gasteiger partial charge in [0.2, 0.25) is 0 Å². The van der Waals surface area contributed by atoms with Crippen molar-refractivity contribution in [2.24, 2.45) is 5.16 Å². The van der Waals surface area contributed by atoms with Gasteiger partial charge in [-0.3, -0.25) is 0 Å². The first-order valence-electron chi connectivity index (χ1n) is 3.46. The molecule has 0 aliphatic carbocycles. The van der Waals surface area contributed by atoms with Crippen molar-refractivity contribution in [1.82, 2.24) is 0 Å². The fourth-order valence-corrected chi connectivity index (χ4v) is 0.260. The topological polar surface area (TPSA) is 21.6 Å². The third kappa shape index (κ3) is 5.60. The lowest BCUT2D eigenvalue weighted by molar-refractivity contribution is 0.000571. The van der Waals surface area contributed by atoms with E-state index >= 15 is 0 Å². The van der Waals surface area contributed by atoms with Gasteiger partial charge in [0.1, 0.15) is 5.60 Å². The summed E-state index contributed by atoms with van der Waals surface area (Å²) in [7, 11) is 0. The molecule has 0 saturated carbocycles. The third-order valence-corrected chi connectivity index (χ3v) is 0.837. The summed E-state index contributed by atoms with van der Waals surface area (Å²) in [5.74, 6) is 0. The minimum absolute atomic E-state index is 0.184. The molecule has 0 aromatic carbocycles. The van der Waals surface area contributed by atoms with Crippen LogP contribution in [0, 0.1) is 6.92 Å². The second-order valence-corrected chi connectivity index (χ2v) is 3.28. The highest BCUT2D eigenvalue weighted by atomic mass is 16.6. The average molecular weight is 142 g/mol. The van der Waals surface area contributed by atoms with E-state index in [4.69, 9.17) is 4.84 Å². The van der Waals surface area contributed by atoms with E-state index in [-0.39, 0.29) is 5.60 Å². The van der Waals surface area contributed by atoms with Crippen molar-refractivity contribution in [3.8, 4) is 0 Å². The van der Waals surface area contributed by atoms with E-state index < -0.39 is 0 Å². The predicted molar refractivity (Wildman–Crippen MR) is 43.9 cm³/mol. The molecular formula is C8H16NO. The van der Waals surface area contributed by atoms with Gasteiger partial charge in [-0.15, -0.1) is 0 Å². The molecule has 0 heterocycles. The van der Waals surface area contributed by atoms with E-state index in [1.165, 1.54) is 0 Å². The van der Waals surface area contributed by atoms with E-state index in [0.717, 1.165) is 5.71 Å². The van der Waals surface area contributed by atoms with Crippen LogP contribution in [0.4, 0.5) is 0 Å². The maximum absolute atomic E-state index is 5.13. The first kappa shape index (κ1) is 9.47. The van der Waals surface area contributed by atoms with Gasteiger partial charge in [0.15, 0.2) is 0 Å². The number of nitrogens with zero attached hydrogens (tertiary/aromatic N) is 1. The van der Waals surface area contributed by atoms with Crippen LogP contribution in [0.5, 0.6) is 0 Å². The van der Waals surface area contributed by atoms with Gasteiger partial charge in [0.05, 0.1) is 5.71 Å². The second kappa shape index (κ2) is 3.59. The largest absolute Gasteiger partial charge is 0.390 e. The second-order valence-electron chi connectivity index (χ2n) is 3.28. The summed E-state index contributed by atoms with van der Waals surface area (Å²) >= 11 is 0. The molecule has 0 atom stereocenters. The molecular weight excluding hydrogens is 126 g/mol. The molecule has 0 saturated heterocycles. The SMILES string of the molecule is [CH2]C/C(C)=N/OC(C)(C)C. The summed E-state index contributed by atoms with van der Waals surface area (Å²) in [6.07, 6.45) is 0.704. The van der Waals surface area contributed by atoms with Gasteiger partial charge in [-0.1, -0.05) is 5.16 Å². The molecule has 0 spiro atoms. The third-order valence-electron chi connectivity index (χ3n) is 0.837. The van der Waals surface area contributed by atoms with Crippen molar-refractivity contribution >= 4 is 5.71 Å². The fourth-order valence-electron chi connectivity index (χ4n) is 0.260. The lowest BCUT2D eigenvalue weighted by Crippen LogP contribution is -2.16. The van der Waals surface area contributed by atoms with Gasteiger partial charge in [-0.2, -0.15) is 0 Å². The Morgan fingerprint density at radius 3 is 2.30 bits per heavy atom. The van der Waals surface area contributed by atoms with Crippen LogP contribution in [0.3, 0.4) is 0 Å². The van der Waals surface area contributed by atoms with E-state index in [9.17, 15) is 0 Å². The number of hydrogen-bond donors (Lipinski definition) is 0. The number of rotatable bonds is 2. The molecule has 0 N–H and O–H groups in total. The summed E-state index contributed by atoms with van der Waals surface area (Å²) in [6, 6.07) is 0. The highest BCUT2D eigenvalue weighted by Crippen LogP contribution is 2.07. The highest BCUT2D eigenvalue weighted by molar-refractivity contribution is 5.81. The zero-order valence-corrected chi connectivity index (χ0v) is 7.27. The standard InChI is InChI=1S/C8H16NO/c1-6-7(2)9-10-8(3,4)5/h1,6H2,2-5H3/b9-7+. The van der Waals surface area contributed by atoms with Crippen molar-refractivity contribution in [3.63, 3.8) is 0 Å². The molecule has 0 unspecified atom stereocenters. The Morgan fingerprint density at radius 1 is 1.50 bits per heavy atom. The van der Waals surface area contributed by atoms with Gasteiger partial charge in [0.25, 0.3) is 0 Å². The molecule has 0 fully saturated rings. The number of oxime groups is 1. The van der Waals surface area contributed by atoms with Gasteiger partial charge in [-0.05, 0) is 41.0 Å². The summed E-state index contributed by atoms with van der Waals surface area (Å²) < 4.78 is 0. The van der Waals surface area contributed by atoms with Gasteiger partial charge >= 0.3 is 0 Å². The van der Waals surface area contributed by atoms with Crippen molar-refractivity contribution in [1.29, 1.82) is 0 Å². The minimum atomic E-state index is -0.184. The number of hydrogen-bond acceptors (Lipinski definition) is 2. The zero-order chi connectivity index (χ0) is 8.20. The van der Waals surface area contributed by atoms with E-state index in [1.807, 2.05) is 27.7 Å². The lowest BCUT2D eigenvalue weighted by Gasteiger charge is -2.15. The Kier molecular flexibility index (Phi) is 3.40. The Morgan fingerprint density at radius 2 is 2.00 bits per heavy atom. The Labute approximate surface area is 63.3 Å². The van der Waals surface area contributed by atoms with Gasteiger partial charge in [0, 0.05) is 0 Å². The maximum atomic E-state index is 5.13. The molecule has 10 heavy (non-hydrogen) atoms. The average Bonchev–Trinajstić information content (AvgIpc) is 1.81. The highest BCUT2D eigenvalue weighted by Gasteiger charge is 2.09. The van der Waals surface area contributed by atoms with Crippen LogP contribution in [-0.2, 0) is 4.84 Å². The monoisotopic (exact) mass is 142 g/mol. The molecule has 0 aromatic heterocycles. The van der Waals surface area contributed by atoms with Crippen LogP contribution in [-0.4, -0.2) is 11.3 Å². The lowest BCUT2D eigenvalue weighted by atomic mass is 10.2. The normalized spacial score (nSPS) is 13.5. The molecule has 0 amide bonds. The van der Waals surface area contributed by atoms with Crippen LogP contribution < -0.4 is 0 Å². The molecule has 0 aromatic rings. The first-order chi connectivity index (χ1) is 4.45. The smallest absolute Gasteiger partial charge is 0.129 e. The summed E-state index contributed by atoms with van der Waals surface area (Å²) in [5.41, 5.74) is 0.742. The molecule has 59 valence electrons. The van der Waals surface area contributed by atoms with E-state index in [2.05, 4.69) is 12.1 Å². The molecule has 0 rings (SSSR count). The van der Waals surface area contributed by atoms with E-state index in [0.29, 0.717) is 6.42 Å². The first-order valence-corrected chi connectivity index (χ1v) is 3.46. The predicted octanol–water partition coefficient (Wildman–Crippen LogP) is 2.40. The van der Waals surface area contributed by atoms with Gasteiger partial charge < -0.3 is 4.84 Å². The molecule has 1 radical (unpaired) electrons. The summed E-state index contributed by atoms with van der Waals surface area (Å²) in [5, 5.41) is 3.87. The van der Waals surface area contributed by atoms with Crippen LogP contribution in [0.1, 0.15) is 34.1 Å². The van der Waals surface area contributed by atoms with Crippen LogP contribution in [0.25, 0.3) is 0 Å². The fraction of sp³-hybridized carbons (Fsp3) is 0.750. The molecule has 0 bridgehead atoms. The Balaban J connectivity index is 3.73. The van der Waals surface area contributed by atoms with Crippen molar-refractivity contribution < 1.29 is 4.84 Å². The molecule has 0 aliphatic heterocycles. The van der Waals surface area contributed by atoms with Crippen molar-refractivity contribution in [2.75, 3.05) is 0 Å². The Hall–Kier alpha value is -0.530. The molecule has 2 heteroatoms. The van der Waals surface area contributed by atoms with Crippen LogP contribution in [0.2, 0.25) is 0 Å².